The van der Waals surface area contributed by atoms with E-state index < -0.39 is 0 Å². The summed E-state index contributed by atoms with van der Waals surface area (Å²) in [5.41, 5.74) is 1.95. The Morgan fingerprint density at radius 2 is 1.78 bits per heavy atom. The van der Waals surface area contributed by atoms with E-state index in [0.717, 1.165) is 17.9 Å². The molecule has 0 heterocycles. The Morgan fingerprint density at radius 3 is 2.65 bits per heavy atom. The largest absolute Gasteiger partial charge is 0.497 e. The molecule has 3 aromatic carbocycles. The fourth-order valence-electron chi connectivity index (χ4n) is 2.68. The van der Waals surface area contributed by atoms with Crippen LogP contribution in [0, 0.1) is 0 Å². The second-order valence-electron chi connectivity index (χ2n) is 5.42. The summed E-state index contributed by atoms with van der Waals surface area (Å²) in [4.78, 5) is 12.2. The van der Waals surface area contributed by atoms with E-state index in [1.807, 2.05) is 42.5 Å². The molecule has 0 aliphatic carbocycles. The minimum Gasteiger partial charge on any atom is -0.497 e. The summed E-state index contributed by atoms with van der Waals surface area (Å²) in [7, 11) is 1.61. The van der Waals surface area contributed by atoms with Crippen LogP contribution in [0.25, 0.3) is 10.8 Å². The molecule has 0 fully saturated rings. The third-order valence-electron chi connectivity index (χ3n) is 3.85. The molecule has 0 spiro atoms. The molecule has 1 amide bonds. The van der Waals surface area contributed by atoms with Crippen LogP contribution in [-0.4, -0.2) is 13.0 Å². The van der Waals surface area contributed by atoms with Gasteiger partial charge in [0.25, 0.3) is 0 Å². The Bertz CT molecular complexity index is 821. The van der Waals surface area contributed by atoms with E-state index in [0.29, 0.717) is 6.42 Å². The lowest BCUT2D eigenvalue weighted by molar-refractivity contribution is -0.116. The molecular weight excluding hydrogens is 286 g/mol. The number of amides is 1. The van der Waals surface area contributed by atoms with Gasteiger partial charge >= 0.3 is 0 Å². The number of rotatable bonds is 5. The van der Waals surface area contributed by atoms with Crippen molar-refractivity contribution in [2.24, 2.45) is 0 Å². The number of ether oxygens (including phenoxy) is 1. The van der Waals surface area contributed by atoms with Crippen molar-refractivity contribution in [2.75, 3.05) is 12.4 Å². The SMILES string of the molecule is COc1cccc(NC(=O)CCc2cccc3ccccc23)c1. The van der Waals surface area contributed by atoms with Crippen LogP contribution in [0.15, 0.2) is 66.7 Å². The van der Waals surface area contributed by atoms with Gasteiger partial charge in [-0.15, -0.1) is 0 Å². The molecule has 1 N–H and O–H groups in total. The van der Waals surface area contributed by atoms with Crippen LogP contribution in [0.3, 0.4) is 0 Å². The van der Waals surface area contributed by atoms with Gasteiger partial charge < -0.3 is 10.1 Å². The standard InChI is InChI=1S/C20H19NO2/c1-23-18-10-5-9-17(14-18)21-20(22)13-12-16-8-4-7-15-6-2-3-11-19(15)16/h2-11,14H,12-13H2,1H3,(H,21,22). The van der Waals surface area contributed by atoms with Gasteiger partial charge in [0.05, 0.1) is 7.11 Å². The van der Waals surface area contributed by atoms with E-state index in [9.17, 15) is 4.79 Å². The number of anilines is 1. The lowest BCUT2D eigenvalue weighted by Crippen LogP contribution is -2.12. The third kappa shape index (κ3) is 3.69. The smallest absolute Gasteiger partial charge is 0.224 e. The maximum Gasteiger partial charge on any atom is 0.224 e. The summed E-state index contributed by atoms with van der Waals surface area (Å²) < 4.78 is 5.16. The van der Waals surface area contributed by atoms with Gasteiger partial charge in [-0.3, -0.25) is 4.79 Å². The number of fused-ring (bicyclic) bond motifs is 1. The Balaban J connectivity index is 1.66. The van der Waals surface area contributed by atoms with E-state index >= 15 is 0 Å². The summed E-state index contributed by atoms with van der Waals surface area (Å²) >= 11 is 0. The Kier molecular flexibility index (Phi) is 4.57. The number of nitrogens with one attached hydrogen (secondary N) is 1. The molecule has 3 nitrogen and oxygen atoms in total. The molecule has 0 unspecified atom stereocenters. The third-order valence-corrected chi connectivity index (χ3v) is 3.85. The van der Waals surface area contributed by atoms with E-state index in [-0.39, 0.29) is 5.91 Å². The van der Waals surface area contributed by atoms with Gasteiger partial charge in [0.1, 0.15) is 5.75 Å². The molecule has 116 valence electrons. The van der Waals surface area contributed by atoms with E-state index in [1.54, 1.807) is 7.11 Å². The van der Waals surface area contributed by atoms with Crippen molar-refractivity contribution in [1.82, 2.24) is 0 Å². The summed E-state index contributed by atoms with van der Waals surface area (Å²) in [6.07, 6.45) is 1.17. The zero-order valence-electron chi connectivity index (χ0n) is 13.1. The summed E-state index contributed by atoms with van der Waals surface area (Å²) in [5, 5.41) is 5.33. The number of hydrogen-bond acceptors (Lipinski definition) is 2. The van der Waals surface area contributed by atoms with E-state index in [4.69, 9.17) is 4.74 Å². The molecular formula is C20H19NO2. The first-order valence-electron chi connectivity index (χ1n) is 7.67. The highest BCUT2D eigenvalue weighted by Gasteiger charge is 2.06. The minimum atomic E-state index is 0.00573. The number of methoxy groups -OCH3 is 1. The Morgan fingerprint density at radius 1 is 1.00 bits per heavy atom. The van der Waals surface area contributed by atoms with Crippen molar-refractivity contribution in [1.29, 1.82) is 0 Å². The zero-order chi connectivity index (χ0) is 16.1. The molecule has 0 saturated carbocycles. The van der Waals surface area contributed by atoms with Gasteiger partial charge in [-0.1, -0.05) is 48.5 Å². The molecule has 3 rings (SSSR count). The lowest BCUT2D eigenvalue weighted by atomic mass is 10.0. The van der Waals surface area contributed by atoms with Crippen molar-refractivity contribution in [3.63, 3.8) is 0 Å². The molecule has 23 heavy (non-hydrogen) atoms. The van der Waals surface area contributed by atoms with Gasteiger partial charge in [-0.05, 0) is 34.9 Å². The van der Waals surface area contributed by atoms with Crippen LogP contribution < -0.4 is 10.1 Å². The molecule has 0 saturated heterocycles. The number of carbonyl (C=O) groups is 1. The Labute approximate surface area is 135 Å². The van der Waals surface area contributed by atoms with E-state index in [1.165, 1.54) is 16.3 Å². The minimum absolute atomic E-state index is 0.00573. The van der Waals surface area contributed by atoms with Gasteiger partial charge in [0, 0.05) is 18.2 Å². The summed E-state index contributed by atoms with van der Waals surface area (Å²) in [6, 6.07) is 21.9. The van der Waals surface area contributed by atoms with Crippen molar-refractivity contribution in [3.05, 3.63) is 72.3 Å². The summed E-state index contributed by atoms with van der Waals surface area (Å²) in [5.74, 6) is 0.739. The molecule has 0 radical (unpaired) electrons. The average molecular weight is 305 g/mol. The fraction of sp³-hybridized carbons (Fsp3) is 0.150. The van der Waals surface area contributed by atoms with Gasteiger partial charge in [-0.25, -0.2) is 0 Å². The van der Waals surface area contributed by atoms with Gasteiger partial charge in [0.15, 0.2) is 0 Å². The number of aryl methyl sites for hydroxylation is 1. The summed E-state index contributed by atoms with van der Waals surface area (Å²) in [6.45, 7) is 0. The Hall–Kier alpha value is -2.81. The molecule has 0 atom stereocenters. The van der Waals surface area contributed by atoms with Crippen LogP contribution in [0.5, 0.6) is 5.75 Å². The first-order chi connectivity index (χ1) is 11.3. The van der Waals surface area contributed by atoms with Gasteiger partial charge in [0.2, 0.25) is 5.91 Å². The fourth-order valence-corrected chi connectivity index (χ4v) is 2.68. The van der Waals surface area contributed by atoms with Crippen LogP contribution in [-0.2, 0) is 11.2 Å². The molecule has 0 aliphatic heterocycles. The molecule has 3 heteroatoms. The monoisotopic (exact) mass is 305 g/mol. The normalized spacial score (nSPS) is 10.5. The number of hydrogen-bond donors (Lipinski definition) is 1. The van der Waals surface area contributed by atoms with Gasteiger partial charge in [-0.2, -0.15) is 0 Å². The molecule has 0 aromatic heterocycles. The number of benzene rings is 3. The average Bonchev–Trinajstić information content (AvgIpc) is 2.60. The predicted molar refractivity (Wildman–Crippen MR) is 93.9 cm³/mol. The topological polar surface area (TPSA) is 38.3 Å². The van der Waals surface area contributed by atoms with Crippen LogP contribution in [0.2, 0.25) is 0 Å². The maximum absolute atomic E-state index is 12.2. The first kappa shape index (κ1) is 15.1. The molecule has 0 bridgehead atoms. The van der Waals surface area contributed by atoms with Crippen molar-refractivity contribution < 1.29 is 9.53 Å². The van der Waals surface area contributed by atoms with Crippen LogP contribution in [0.1, 0.15) is 12.0 Å². The predicted octanol–water partition coefficient (Wildman–Crippen LogP) is 4.42. The van der Waals surface area contributed by atoms with Crippen molar-refractivity contribution >= 4 is 22.4 Å². The second kappa shape index (κ2) is 6.97. The second-order valence-corrected chi connectivity index (χ2v) is 5.42. The highest BCUT2D eigenvalue weighted by Crippen LogP contribution is 2.20. The van der Waals surface area contributed by atoms with Crippen molar-refractivity contribution in [3.8, 4) is 5.75 Å². The van der Waals surface area contributed by atoms with Crippen LogP contribution in [0.4, 0.5) is 5.69 Å². The van der Waals surface area contributed by atoms with Crippen molar-refractivity contribution in [2.45, 2.75) is 12.8 Å². The van der Waals surface area contributed by atoms with Crippen LogP contribution >= 0.6 is 0 Å². The number of carbonyl (C=O) groups excluding carboxylic acids is 1. The maximum atomic E-state index is 12.2. The highest BCUT2D eigenvalue weighted by atomic mass is 16.5. The quantitative estimate of drug-likeness (QED) is 0.758. The zero-order valence-corrected chi connectivity index (χ0v) is 13.1. The molecule has 0 aliphatic rings. The lowest BCUT2D eigenvalue weighted by Gasteiger charge is -2.08. The first-order valence-corrected chi connectivity index (χ1v) is 7.67. The highest BCUT2D eigenvalue weighted by molar-refractivity contribution is 5.92. The molecule has 3 aromatic rings. The van der Waals surface area contributed by atoms with E-state index in [2.05, 4.69) is 29.6 Å².